The summed E-state index contributed by atoms with van der Waals surface area (Å²) in [4.78, 5) is 12.9. The molecule has 3 heteroatoms. The lowest BCUT2D eigenvalue weighted by atomic mass is 10.1. The van der Waals surface area contributed by atoms with E-state index in [-0.39, 0.29) is 5.78 Å². The maximum absolute atomic E-state index is 12.3. The van der Waals surface area contributed by atoms with Crippen LogP contribution in [0.25, 0.3) is 0 Å². The Kier molecular flexibility index (Phi) is 5.45. The maximum Gasteiger partial charge on any atom is 0.162 e. The number of Topliss-reactive ketones (excluding diaryl/α,β-unsaturated/α-hetero) is 1. The first-order chi connectivity index (χ1) is 10.1. The Morgan fingerprint density at radius 2 is 1.76 bits per heavy atom. The van der Waals surface area contributed by atoms with Crippen molar-refractivity contribution in [3.63, 3.8) is 0 Å². The average Bonchev–Trinajstić information content (AvgIpc) is 2.47. The number of aryl methyl sites for hydroxylation is 2. The Hall–Kier alpha value is -1.74. The first kappa shape index (κ1) is 15.6. The van der Waals surface area contributed by atoms with Crippen molar-refractivity contribution in [2.75, 3.05) is 5.75 Å². The highest BCUT2D eigenvalue weighted by atomic mass is 32.2. The van der Waals surface area contributed by atoms with Crippen LogP contribution in [0.4, 0.5) is 0 Å². The van der Waals surface area contributed by atoms with Gasteiger partial charge in [-0.2, -0.15) is 0 Å². The second-order valence-corrected chi connectivity index (χ2v) is 6.75. The number of carbonyl (C=O) groups is 1. The van der Waals surface area contributed by atoms with Gasteiger partial charge in [-0.1, -0.05) is 48.0 Å². The standard InChI is InChI=1S/C18H20O2S/c1-14-10-11-18(15(2)13-14)21(20)12-6-9-17(19)16-7-4-3-5-8-16/h3-5,7-8,10-11,13H,6,9,12H2,1-2H3. The molecule has 0 aliphatic rings. The molecule has 0 radical (unpaired) electrons. The van der Waals surface area contributed by atoms with E-state index >= 15 is 0 Å². The lowest BCUT2D eigenvalue weighted by Crippen LogP contribution is -2.05. The third-order valence-electron chi connectivity index (χ3n) is 3.41. The summed E-state index contributed by atoms with van der Waals surface area (Å²) in [6, 6.07) is 15.2. The molecule has 0 N–H and O–H groups in total. The Morgan fingerprint density at radius 1 is 1.05 bits per heavy atom. The van der Waals surface area contributed by atoms with Gasteiger partial charge in [0.05, 0.1) is 10.8 Å². The monoisotopic (exact) mass is 300 g/mol. The van der Waals surface area contributed by atoms with Crippen LogP contribution in [0.15, 0.2) is 53.4 Å². The Bertz CT molecular complexity index is 648. The summed E-state index contributed by atoms with van der Waals surface area (Å²) in [5.41, 5.74) is 2.96. The molecule has 2 aromatic carbocycles. The summed E-state index contributed by atoms with van der Waals surface area (Å²) in [5.74, 6) is 0.649. The van der Waals surface area contributed by atoms with E-state index in [4.69, 9.17) is 0 Å². The van der Waals surface area contributed by atoms with E-state index in [1.165, 1.54) is 5.56 Å². The fourth-order valence-electron chi connectivity index (χ4n) is 2.30. The van der Waals surface area contributed by atoms with Crippen LogP contribution in [0.3, 0.4) is 0 Å². The maximum atomic E-state index is 12.3. The molecule has 110 valence electrons. The van der Waals surface area contributed by atoms with E-state index < -0.39 is 10.8 Å². The van der Waals surface area contributed by atoms with Gasteiger partial charge in [0, 0.05) is 22.6 Å². The summed E-state index contributed by atoms with van der Waals surface area (Å²) >= 11 is 0. The van der Waals surface area contributed by atoms with E-state index in [0.717, 1.165) is 16.0 Å². The quantitative estimate of drug-likeness (QED) is 0.753. The van der Waals surface area contributed by atoms with Crippen molar-refractivity contribution in [3.05, 3.63) is 65.2 Å². The molecule has 0 aliphatic heterocycles. The molecule has 2 nitrogen and oxygen atoms in total. The first-order valence-corrected chi connectivity index (χ1v) is 8.43. The zero-order valence-corrected chi connectivity index (χ0v) is 13.3. The van der Waals surface area contributed by atoms with Crippen molar-refractivity contribution < 1.29 is 9.00 Å². The lowest BCUT2D eigenvalue weighted by molar-refractivity contribution is 0.0982. The van der Waals surface area contributed by atoms with Gasteiger partial charge >= 0.3 is 0 Å². The Balaban J connectivity index is 1.89. The van der Waals surface area contributed by atoms with Crippen LogP contribution in [-0.2, 0) is 10.8 Å². The number of hydrogen-bond donors (Lipinski definition) is 0. The summed E-state index contributed by atoms with van der Waals surface area (Å²) in [5, 5.41) is 0. The highest BCUT2D eigenvalue weighted by Gasteiger charge is 2.10. The van der Waals surface area contributed by atoms with Crippen molar-refractivity contribution in [2.24, 2.45) is 0 Å². The normalized spacial score (nSPS) is 12.1. The van der Waals surface area contributed by atoms with Crippen molar-refractivity contribution >= 4 is 16.6 Å². The number of rotatable bonds is 6. The Morgan fingerprint density at radius 3 is 2.43 bits per heavy atom. The van der Waals surface area contributed by atoms with Crippen LogP contribution in [0.1, 0.15) is 34.3 Å². The molecule has 2 aromatic rings. The van der Waals surface area contributed by atoms with Crippen LogP contribution in [0.2, 0.25) is 0 Å². The largest absolute Gasteiger partial charge is 0.294 e. The zero-order valence-electron chi connectivity index (χ0n) is 12.5. The number of hydrogen-bond acceptors (Lipinski definition) is 2. The molecule has 2 rings (SSSR count). The van der Waals surface area contributed by atoms with Gasteiger partial charge in [-0.15, -0.1) is 0 Å². The summed E-state index contributed by atoms with van der Waals surface area (Å²) in [6.07, 6.45) is 1.09. The molecular formula is C18H20O2S. The van der Waals surface area contributed by atoms with Crippen molar-refractivity contribution in [1.82, 2.24) is 0 Å². The molecule has 0 bridgehead atoms. The van der Waals surface area contributed by atoms with Gasteiger partial charge in [0.15, 0.2) is 5.78 Å². The molecule has 0 heterocycles. The smallest absolute Gasteiger partial charge is 0.162 e. The Labute approximate surface area is 128 Å². The van der Waals surface area contributed by atoms with E-state index in [2.05, 4.69) is 0 Å². The van der Waals surface area contributed by atoms with Gasteiger partial charge in [0.1, 0.15) is 0 Å². The molecule has 0 spiro atoms. The van der Waals surface area contributed by atoms with Gasteiger partial charge < -0.3 is 0 Å². The predicted molar refractivity (Wildman–Crippen MR) is 87.2 cm³/mol. The second kappa shape index (κ2) is 7.32. The fourth-order valence-corrected chi connectivity index (χ4v) is 3.56. The highest BCUT2D eigenvalue weighted by Crippen LogP contribution is 2.16. The third kappa shape index (κ3) is 4.36. The van der Waals surface area contributed by atoms with Crippen LogP contribution in [-0.4, -0.2) is 15.7 Å². The van der Waals surface area contributed by atoms with Gasteiger partial charge in [0.2, 0.25) is 0 Å². The number of ketones is 1. The first-order valence-electron chi connectivity index (χ1n) is 7.12. The molecule has 0 aromatic heterocycles. The van der Waals surface area contributed by atoms with Crippen LogP contribution in [0, 0.1) is 13.8 Å². The third-order valence-corrected chi connectivity index (χ3v) is 5.01. The van der Waals surface area contributed by atoms with Crippen LogP contribution < -0.4 is 0 Å². The highest BCUT2D eigenvalue weighted by molar-refractivity contribution is 7.85. The second-order valence-electron chi connectivity index (χ2n) is 5.21. The van der Waals surface area contributed by atoms with E-state index in [1.807, 2.05) is 62.4 Å². The topological polar surface area (TPSA) is 34.1 Å². The minimum atomic E-state index is -1.03. The van der Waals surface area contributed by atoms with Crippen LogP contribution in [0.5, 0.6) is 0 Å². The predicted octanol–water partition coefficient (Wildman–Crippen LogP) is 4.07. The van der Waals surface area contributed by atoms with Gasteiger partial charge in [-0.05, 0) is 31.9 Å². The van der Waals surface area contributed by atoms with E-state index in [9.17, 15) is 9.00 Å². The fraction of sp³-hybridized carbons (Fsp3) is 0.278. The van der Waals surface area contributed by atoms with Crippen molar-refractivity contribution in [1.29, 1.82) is 0 Å². The summed E-state index contributed by atoms with van der Waals surface area (Å²) in [7, 11) is -1.03. The molecule has 0 aliphatic carbocycles. The molecule has 0 saturated heterocycles. The zero-order chi connectivity index (χ0) is 15.2. The SMILES string of the molecule is Cc1ccc(S(=O)CCCC(=O)c2ccccc2)c(C)c1. The van der Waals surface area contributed by atoms with Crippen LogP contribution >= 0.6 is 0 Å². The number of benzene rings is 2. The van der Waals surface area contributed by atoms with E-state index in [0.29, 0.717) is 18.6 Å². The molecule has 1 atom stereocenters. The minimum Gasteiger partial charge on any atom is -0.294 e. The molecular weight excluding hydrogens is 280 g/mol. The summed E-state index contributed by atoms with van der Waals surface area (Å²) < 4.78 is 12.3. The van der Waals surface area contributed by atoms with Gasteiger partial charge in [-0.3, -0.25) is 9.00 Å². The summed E-state index contributed by atoms with van der Waals surface area (Å²) in [6.45, 7) is 4.01. The molecule has 0 saturated carbocycles. The van der Waals surface area contributed by atoms with Gasteiger partial charge in [0.25, 0.3) is 0 Å². The van der Waals surface area contributed by atoms with Gasteiger partial charge in [-0.25, -0.2) is 0 Å². The lowest BCUT2D eigenvalue weighted by Gasteiger charge is -2.07. The molecule has 1 unspecified atom stereocenters. The number of carbonyl (C=O) groups excluding carboxylic acids is 1. The van der Waals surface area contributed by atoms with Crippen molar-refractivity contribution in [3.8, 4) is 0 Å². The molecule has 0 fully saturated rings. The van der Waals surface area contributed by atoms with E-state index in [1.54, 1.807) is 0 Å². The minimum absolute atomic E-state index is 0.119. The molecule has 21 heavy (non-hydrogen) atoms. The average molecular weight is 300 g/mol. The molecule has 0 amide bonds. The van der Waals surface area contributed by atoms with Crippen molar-refractivity contribution in [2.45, 2.75) is 31.6 Å².